The molecule has 0 spiro atoms. The van der Waals surface area contributed by atoms with Crippen LogP contribution in [0.15, 0.2) is 53.4 Å². The number of halogens is 2. The molecule has 2 aromatic rings. The molecule has 1 atom stereocenters. The first-order chi connectivity index (χ1) is 13.4. The topological polar surface area (TPSA) is 75.7 Å². The number of amides is 1. The average molecular weight is 443 g/mol. The van der Waals surface area contributed by atoms with Crippen LogP contribution in [0.5, 0.6) is 0 Å². The average Bonchev–Trinajstić information content (AvgIpc) is 3.21. The predicted octanol–water partition coefficient (Wildman–Crippen LogP) is 3.48. The number of sulfonamides is 1. The summed E-state index contributed by atoms with van der Waals surface area (Å²) < 4.78 is 32.8. The standard InChI is InChI=1S/C19H20Cl2N2O4S/c20-17-9-8-14(11-18(17)21)23(28(25,26)16-6-2-1-3-7-16)13-19(24)22-12-15-5-4-10-27-15/h1-3,6-9,11,15H,4-5,10,12-13H2,(H,22,24)/t15-/m1/s1. The number of carbonyl (C=O) groups is 1. The number of carbonyl (C=O) groups excluding carboxylic acids is 1. The molecule has 0 bridgehead atoms. The molecule has 2 aromatic carbocycles. The van der Waals surface area contributed by atoms with Gasteiger partial charge < -0.3 is 10.1 Å². The minimum Gasteiger partial charge on any atom is -0.376 e. The molecule has 1 saturated heterocycles. The Labute approximate surface area is 174 Å². The van der Waals surface area contributed by atoms with Crippen LogP contribution < -0.4 is 9.62 Å². The molecule has 150 valence electrons. The van der Waals surface area contributed by atoms with Gasteiger partial charge in [0, 0.05) is 13.2 Å². The second kappa shape index (κ2) is 9.13. The van der Waals surface area contributed by atoms with Gasteiger partial charge in [-0.05, 0) is 43.2 Å². The summed E-state index contributed by atoms with van der Waals surface area (Å²) >= 11 is 12.0. The zero-order chi connectivity index (χ0) is 20.1. The maximum absolute atomic E-state index is 13.2. The van der Waals surface area contributed by atoms with Gasteiger partial charge in [-0.1, -0.05) is 41.4 Å². The lowest BCUT2D eigenvalue weighted by Gasteiger charge is -2.24. The van der Waals surface area contributed by atoms with Crippen LogP contribution in [0.25, 0.3) is 0 Å². The third kappa shape index (κ3) is 4.97. The van der Waals surface area contributed by atoms with E-state index in [0.29, 0.717) is 18.2 Å². The molecular weight excluding hydrogens is 423 g/mol. The second-order valence-electron chi connectivity index (χ2n) is 6.36. The summed E-state index contributed by atoms with van der Waals surface area (Å²) in [5.74, 6) is -0.430. The van der Waals surface area contributed by atoms with Gasteiger partial charge in [0.25, 0.3) is 10.0 Å². The van der Waals surface area contributed by atoms with E-state index in [-0.39, 0.29) is 28.3 Å². The van der Waals surface area contributed by atoms with Crippen molar-refractivity contribution in [3.8, 4) is 0 Å². The minimum atomic E-state index is -3.98. The van der Waals surface area contributed by atoms with Crippen molar-refractivity contribution < 1.29 is 17.9 Å². The van der Waals surface area contributed by atoms with Gasteiger partial charge in [0.1, 0.15) is 6.54 Å². The highest BCUT2D eigenvalue weighted by Gasteiger charge is 2.28. The highest BCUT2D eigenvalue weighted by molar-refractivity contribution is 7.92. The summed E-state index contributed by atoms with van der Waals surface area (Å²) in [6, 6.07) is 12.4. The highest BCUT2D eigenvalue weighted by Crippen LogP contribution is 2.30. The van der Waals surface area contributed by atoms with Crippen molar-refractivity contribution >= 4 is 44.8 Å². The molecule has 0 aromatic heterocycles. The maximum atomic E-state index is 13.2. The van der Waals surface area contributed by atoms with Gasteiger partial charge in [-0.25, -0.2) is 8.42 Å². The Balaban J connectivity index is 1.85. The number of ether oxygens (including phenoxy) is 1. The molecule has 0 radical (unpaired) electrons. The molecule has 6 nitrogen and oxygen atoms in total. The van der Waals surface area contributed by atoms with Crippen LogP contribution in [0.3, 0.4) is 0 Å². The van der Waals surface area contributed by atoms with Crippen molar-refractivity contribution in [2.24, 2.45) is 0 Å². The molecule has 0 saturated carbocycles. The summed E-state index contributed by atoms with van der Waals surface area (Å²) in [5.41, 5.74) is 0.255. The van der Waals surface area contributed by atoms with Crippen LogP contribution in [0.1, 0.15) is 12.8 Å². The van der Waals surface area contributed by atoms with E-state index in [9.17, 15) is 13.2 Å². The molecule has 3 rings (SSSR count). The lowest BCUT2D eigenvalue weighted by Crippen LogP contribution is -2.42. The second-order valence-corrected chi connectivity index (χ2v) is 9.04. The van der Waals surface area contributed by atoms with Gasteiger partial charge in [0.15, 0.2) is 0 Å². The van der Waals surface area contributed by atoms with Crippen molar-refractivity contribution in [2.75, 3.05) is 24.0 Å². The molecule has 1 heterocycles. The monoisotopic (exact) mass is 442 g/mol. The summed E-state index contributed by atoms with van der Waals surface area (Å²) in [5, 5.41) is 3.24. The molecule has 1 amide bonds. The fraction of sp³-hybridized carbons (Fsp3) is 0.316. The quantitative estimate of drug-likeness (QED) is 0.711. The summed E-state index contributed by atoms with van der Waals surface area (Å²) in [6.07, 6.45) is 1.80. The summed E-state index contributed by atoms with van der Waals surface area (Å²) in [6.45, 7) is 0.639. The minimum absolute atomic E-state index is 0.0342. The van der Waals surface area contributed by atoms with Crippen molar-refractivity contribution in [3.63, 3.8) is 0 Å². The summed E-state index contributed by atoms with van der Waals surface area (Å²) in [7, 11) is -3.98. The van der Waals surface area contributed by atoms with E-state index >= 15 is 0 Å². The van der Waals surface area contributed by atoms with Crippen molar-refractivity contribution in [2.45, 2.75) is 23.8 Å². The fourth-order valence-corrected chi connectivity index (χ4v) is 4.62. The van der Waals surface area contributed by atoms with E-state index in [4.69, 9.17) is 27.9 Å². The third-order valence-electron chi connectivity index (χ3n) is 4.36. The zero-order valence-corrected chi connectivity index (χ0v) is 17.3. The first-order valence-corrected chi connectivity index (χ1v) is 11.0. The lowest BCUT2D eigenvalue weighted by molar-refractivity contribution is -0.120. The van der Waals surface area contributed by atoms with Gasteiger partial charge in [-0.15, -0.1) is 0 Å². The van der Waals surface area contributed by atoms with E-state index in [2.05, 4.69) is 5.32 Å². The van der Waals surface area contributed by atoms with Crippen molar-refractivity contribution in [3.05, 3.63) is 58.6 Å². The molecule has 1 aliphatic heterocycles. The first-order valence-electron chi connectivity index (χ1n) is 8.79. The van der Waals surface area contributed by atoms with Crippen molar-refractivity contribution in [1.29, 1.82) is 0 Å². The molecule has 1 aliphatic rings. The highest BCUT2D eigenvalue weighted by atomic mass is 35.5. The Bertz CT molecular complexity index is 932. The van der Waals surface area contributed by atoms with Crippen LogP contribution >= 0.6 is 23.2 Å². The largest absolute Gasteiger partial charge is 0.376 e. The Morgan fingerprint density at radius 1 is 1.14 bits per heavy atom. The van der Waals surface area contributed by atoms with Crippen LogP contribution in [0.4, 0.5) is 5.69 Å². The predicted molar refractivity (Wildman–Crippen MR) is 109 cm³/mol. The van der Waals surface area contributed by atoms with Gasteiger partial charge in [-0.2, -0.15) is 0 Å². The normalized spacial score (nSPS) is 16.7. The van der Waals surface area contributed by atoms with Gasteiger partial charge in [0.2, 0.25) is 5.91 Å². The van der Waals surface area contributed by atoms with E-state index in [0.717, 1.165) is 17.1 Å². The molecule has 1 N–H and O–H groups in total. The molecular formula is C19H20Cl2N2O4S. The molecule has 28 heavy (non-hydrogen) atoms. The van der Waals surface area contributed by atoms with E-state index in [1.807, 2.05) is 0 Å². The van der Waals surface area contributed by atoms with Crippen LogP contribution in [0.2, 0.25) is 10.0 Å². The molecule has 1 fully saturated rings. The Hall–Kier alpha value is -1.80. The number of hydrogen-bond acceptors (Lipinski definition) is 4. The fourth-order valence-electron chi connectivity index (χ4n) is 2.89. The Morgan fingerprint density at radius 2 is 1.89 bits per heavy atom. The number of nitrogens with zero attached hydrogens (tertiary/aromatic N) is 1. The first kappa shape index (κ1) is 20.9. The number of rotatable bonds is 7. The van der Waals surface area contributed by atoms with E-state index in [1.54, 1.807) is 18.2 Å². The number of benzene rings is 2. The summed E-state index contributed by atoms with van der Waals surface area (Å²) in [4.78, 5) is 12.6. The zero-order valence-electron chi connectivity index (χ0n) is 15.0. The smallest absolute Gasteiger partial charge is 0.264 e. The number of hydrogen-bond donors (Lipinski definition) is 1. The molecule has 0 unspecified atom stereocenters. The van der Waals surface area contributed by atoms with Crippen molar-refractivity contribution in [1.82, 2.24) is 5.32 Å². The maximum Gasteiger partial charge on any atom is 0.264 e. The van der Waals surface area contributed by atoms with Crippen LogP contribution in [-0.4, -0.2) is 40.1 Å². The molecule has 0 aliphatic carbocycles. The van der Waals surface area contributed by atoms with Gasteiger partial charge in [0.05, 0.1) is 26.7 Å². The van der Waals surface area contributed by atoms with Crippen LogP contribution in [0, 0.1) is 0 Å². The Morgan fingerprint density at radius 3 is 2.54 bits per heavy atom. The lowest BCUT2D eigenvalue weighted by atomic mass is 10.2. The van der Waals surface area contributed by atoms with Gasteiger partial charge >= 0.3 is 0 Å². The Kier molecular flexibility index (Phi) is 6.82. The molecule has 9 heteroatoms. The van der Waals surface area contributed by atoms with E-state index in [1.165, 1.54) is 30.3 Å². The third-order valence-corrected chi connectivity index (χ3v) is 6.89. The number of nitrogens with one attached hydrogen (secondary N) is 1. The number of anilines is 1. The van der Waals surface area contributed by atoms with Gasteiger partial charge in [-0.3, -0.25) is 9.10 Å². The SMILES string of the molecule is O=C(CN(c1ccc(Cl)c(Cl)c1)S(=O)(=O)c1ccccc1)NC[C@H]1CCCO1. The van der Waals surface area contributed by atoms with Crippen LogP contribution in [-0.2, 0) is 19.6 Å². The van der Waals surface area contributed by atoms with E-state index < -0.39 is 15.9 Å².